The second-order valence-corrected chi connectivity index (χ2v) is 13.1. The normalized spacial score (nSPS) is 16.8. The van der Waals surface area contributed by atoms with Crippen molar-refractivity contribution in [2.24, 2.45) is 0 Å². The Morgan fingerprint density at radius 3 is 2.40 bits per heavy atom. The highest BCUT2D eigenvalue weighted by Gasteiger charge is 2.39. The van der Waals surface area contributed by atoms with Crippen LogP contribution in [0.3, 0.4) is 0 Å². The Hall–Kier alpha value is -1.13. The Morgan fingerprint density at radius 2 is 1.84 bits per heavy atom. The summed E-state index contributed by atoms with van der Waals surface area (Å²) in [7, 11) is -0.450. The van der Waals surface area contributed by atoms with E-state index in [1.165, 1.54) is 25.5 Å². The number of hydrogen-bond acceptors (Lipinski definition) is 3. The molecular weight excluding hydrogens is 328 g/mol. The predicted octanol–water partition coefficient (Wildman–Crippen LogP) is 5.94. The number of rotatable bonds is 8. The van der Waals surface area contributed by atoms with Crippen LogP contribution in [0.2, 0.25) is 18.1 Å². The van der Waals surface area contributed by atoms with Gasteiger partial charge in [0.2, 0.25) is 0 Å². The van der Waals surface area contributed by atoms with Crippen LogP contribution < -0.4 is 0 Å². The first-order valence-corrected chi connectivity index (χ1v) is 12.4. The van der Waals surface area contributed by atoms with Crippen molar-refractivity contribution in [3.8, 4) is 0 Å². The summed E-state index contributed by atoms with van der Waals surface area (Å²) in [4.78, 5) is 12.0. The largest absolute Gasteiger partial charge is 0.466 e. The smallest absolute Gasteiger partial charge is 0.334 e. The van der Waals surface area contributed by atoms with Crippen molar-refractivity contribution in [1.82, 2.24) is 0 Å². The molecule has 142 valence electrons. The van der Waals surface area contributed by atoms with Gasteiger partial charge in [0.05, 0.1) is 13.2 Å². The van der Waals surface area contributed by atoms with Crippen LogP contribution in [0, 0.1) is 0 Å². The summed E-state index contributed by atoms with van der Waals surface area (Å²) in [6, 6.07) is 0. The van der Waals surface area contributed by atoms with Crippen molar-refractivity contribution in [3.05, 3.63) is 35.5 Å². The van der Waals surface area contributed by atoms with Crippen LogP contribution in [0.5, 0.6) is 0 Å². The van der Waals surface area contributed by atoms with Gasteiger partial charge in [-0.05, 0) is 30.1 Å². The second-order valence-electron chi connectivity index (χ2n) is 8.35. The first kappa shape index (κ1) is 21.9. The van der Waals surface area contributed by atoms with E-state index in [0.29, 0.717) is 12.0 Å². The molecule has 0 saturated heterocycles. The van der Waals surface area contributed by atoms with E-state index in [1.54, 1.807) is 0 Å². The van der Waals surface area contributed by atoms with Crippen molar-refractivity contribution in [1.29, 1.82) is 0 Å². The van der Waals surface area contributed by atoms with E-state index in [-0.39, 0.29) is 17.1 Å². The predicted molar refractivity (Wildman–Crippen MR) is 108 cm³/mol. The number of carbonyl (C=O) groups excluding carboxylic acids is 1. The molecule has 3 nitrogen and oxygen atoms in total. The van der Waals surface area contributed by atoms with Crippen molar-refractivity contribution >= 4 is 14.3 Å². The van der Waals surface area contributed by atoms with Gasteiger partial charge in [0.15, 0.2) is 8.32 Å². The minimum atomic E-state index is -1.89. The molecule has 1 aliphatic rings. The minimum absolute atomic E-state index is 0.0725. The van der Waals surface area contributed by atoms with Gasteiger partial charge in [0.1, 0.15) is 0 Å². The monoisotopic (exact) mass is 364 g/mol. The average Bonchev–Trinajstić information content (AvgIpc) is 2.78. The van der Waals surface area contributed by atoms with Gasteiger partial charge in [-0.25, -0.2) is 4.79 Å². The van der Waals surface area contributed by atoms with E-state index in [9.17, 15) is 4.79 Å². The number of allylic oxidation sites excluding steroid dienone is 4. The third-order valence-electron chi connectivity index (χ3n) is 5.29. The van der Waals surface area contributed by atoms with E-state index >= 15 is 0 Å². The maximum atomic E-state index is 12.0. The maximum Gasteiger partial charge on any atom is 0.334 e. The summed E-state index contributed by atoms with van der Waals surface area (Å²) in [6.45, 7) is 13.6. The van der Waals surface area contributed by atoms with Crippen LogP contribution in [0.25, 0.3) is 0 Å². The van der Waals surface area contributed by atoms with Crippen LogP contribution in [-0.4, -0.2) is 27.5 Å². The standard InChI is InChI=1S/C21H36O3Si/c1-8-9-10-15-19(24-25(6,7)21(2,3)4)17-13-11-12-14-18(16-17)20(22)23-5/h11-14,19H,8-10,15-16H2,1-7H3. The molecular formula is C21H36O3Si. The van der Waals surface area contributed by atoms with Crippen LogP contribution >= 0.6 is 0 Å². The first-order valence-electron chi connectivity index (χ1n) is 9.44. The number of carbonyl (C=O) groups is 1. The van der Waals surface area contributed by atoms with E-state index in [4.69, 9.17) is 9.16 Å². The molecule has 0 amide bonds. The number of unbranched alkanes of at least 4 members (excludes halogenated alkanes) is 2. The fourth-order valence-corrected chi connectivity index (χ4v) is 3.95. The summed E-state index contributed by atoms with van der Waals surface area (Å²) in [5.41, 5.74) is 1.88. The Labute approximate surface area is 155 Å². The zero-order chi connectivity index (χ0) is 19.1. The van der Waals surface area contributed by atoms with Crippen molar-refractivity contribution < 1.29 is 14.0 Å². The fraction of sp³-hybridized carbons (Fsp3) is 0.667. The minimum Gasteiger partial charge on any atom is -0.466 e. The molecule has 0 aromatic carbocycles. The van der Waals surface area contributed by atoms with Gasteiger partial charge in [-0.2, -0.15) is 0 Å². The molecule has 25 heavy (non-hydrogen) atoms. The highest BCUT2D eigenvalue weighted by Crippen LogP contribution is 2.39. The van der Waals surface area contributed by atoms with Gasteiger partial charge >= 0.3 is 5.97 Å². The highest BCUT2D eigenvalue weighted by atomic mass is 28.4. The summed E-state index contributed by atoms with van der Waals surface area (Å²) in [5, 5.41) is 0.165. The van der Waals surface area contributed by atoms with E-state index < -0.39 is 8.32 Å². The van der Waals surface area contributed by atoms with Crippen LogP contribution in [0.15, 0.2) is 35.5 Å². The Kier molecular flexibility index (Phi) is 8.35. The quantitative estimate of drug-likeness (QED) is 0.303. The van der Waals surface area contributed by atoms with Crippen LogP contribution in [-0.2, 0) is 14.0 Å². The van der Waals surface area contributed by atoms with Gasteiger partial charge in [0, 0.05) is 12.0 Å². The van der Waals surface area contributed by atoms with Gasteiger partial charge in [0.25, 0.3) is 0 Å². The Morgan fingerprint density at radius 1 is 1.20 bits per heavy atom. The average molecular weight is 365 g/mol. The van der Waals surface area contributed by atoms with Crippen molar-refractivity contribution in [2.45, 2.75) is 84.0 Å². The molecule has 0 bridgehead atoms. The summed E-state index contributed by atoms with van der Waals surface area (Å²) in [5.74, 6) is -0.253. The topological polar surface area (TPSA) is 35.5 Å². The molecule has 0 aromatic heterocycles. The number of esters is 1. The molecule has 1 atom stereocenters. The lowest BCUT2D eigenvalue weighted by Gasteiger charge is -2.40. The molecule has 0 heterocycles. The van der Waals surface area contributed by atoms with Crippen molar-refractivity contribution in [2.75, 3.05) is 7.11 Å². The summed E-state index contributed by atoms with van der Waals surface area (Å²) < 4.78 is 11.7. The Bertz CT molecular complexity index is 536. The molecule has 0 fully saturated rings. The van der Waals surface area contributed by atoms with Gasteiger partial charge in [-0.1, -0.05) is 71.3 Å². The number of methoxy groups -OCH3 is 1. The Balaban J connectivity index is 3.02. The van der Waals surface area contributed by atoms with Crippen molar-refractivity contribution in [3.63, 3.8) is 0 Å². The molecule has 0 N–H and O–H groups in total. The van der Waals surface area contributed by atoms with Gasteiger partial charge in [-0.3, -0.25) is 0 Å². The summed E-state index contributed by atoms with van der Waals surface area (Å²) in [6.07, 6.45) is 13.1. The fourth-order valence-electron chi connectivity index (χ4n) is 2.61. The third-order valence-corrected chi connectivity index (χ3v) is 9.77. The summed E-state index contributed by atoms with van der Waals surface area (Å²) >= 11 is 0. The second kappa shape index (κ2) is 9.53. The lowest BCUT2D eigenvalue weighted by atomic mass is 9.97. The highest BCUT2D eigenvalue weighted by molar-refractivity contribution is 6.74. The molecule has 0 aromatic rings. The zero-order valence-corrected chi connectivity index (χ0v) is 18.1. The number of ether oxygens (including phenoxy) is 1. The van der Waals surface area contributed by atoms with Crippen LogP contribution in [0.4, 0.5) is 0 Å². The first-order chi connectivity index (χ1) is 11.6. The molecule has 0 radical (unpaired) electrons. The molecule has 1 aliphatic carbocycles. The van der Waals surface area contributed by atoms with Gasteiger partial charge < -0.3 is 9.16 Å². The molecule has 4 heteroatoms. The third kappa shape index (κ3) is 6.59. The number of hydrogen-bond donors (Lipinski definition) is 0. The molecule has 0 saturated carbocycles. The SMILES string of the molecule is CCCCCC(O[Si](C)(C)C(C)(C)C)C1=CC=CC=C(C(=O)OC)C1. The maximum absolute atomic E-state index is 12.0. The molecule has 1 rings (SSSR count). The van der Waals surface area contributed by atoms with Crippen LogP contribution in [0.1, 0.15) is 59.8 Å². The van der Waals surface area contributed by atoms with E-state index in [1.807, 2.05) is 18.2 Å². The molecule has 0 spiro atoms. The molecule has 1 unspecified atom stereocenters. The molecule has 0 aliphatic heterocycles. The van der Waals surface area contributed by atoms with E-state index in [0.717, 1.165) is 12.8 Å². The lowest BCUT2D eigenvalue weighted by molar-refractivity contribution is -0.136. The zero-order valence-electron chi connectivity index (χ0n) is 17.1. The van der Waals surface area contributed by atoms with E-state index in [2.05, 4.69) is 46.9 Å². The van der Waals surface area contributed by atoms with Gasteiger partial charge in [-0.15, -0.1) is 0 Å². The lowest BCUT2D eigenvalue weighted by Crippen LogP contribution is -2.44.